The largest absolute Gasteiger partial charge is 0.347 e. The zero-order chi connectivity index (χ0) is 19.8. The second-order valence-corrected chi connectivity index (χ2v) is 8.36. The highest BCUT2D eigenvalue weighted by atomic mass is 35.5. The van der Waals surface area contributed by atoms with Gasteiger partial charge < -0.3 is 10.6 Å². The molecule has 146 valence electrons. The number of aromatic nitrogens is 1. The van der Waals surface area contributed by atoms with E-state index < -0.39 is 0 Å². The zero-order valence-corrected chi connectivity index (χ0v) is 16.7. The molecule has 5 rings (SSSR count). The predicted octanol–water partition coefficient (Wildman–Crippen LogP) is 5.25. The van der Waals surface area contributed by atoms with Crippen molar-refractivity contribution in [3.63, 3.8) is 0 Å². The number of nitrogens with one attached hydrogen (secondary N) is 2. The van der Waals surface area contributed by atoms with E-state index in [-0.39, 0.29) is 11.9 Å². The molecule has 3 aromatic rings. The minimum atomic E-state index is -0.194. The Kier molecular flexibility index (Phi) is 4.72. The topological polar surface area (TPSA) is 54.0 Å². The van der Waals surface area contributed by atoms with Crippen LogP contribution in [0.4, 0.5) is 11.5 Å². The molecule has 4 nitrogen and oxygen atoms in total. The number of hydrogen-bond donors (Lipinski definition) is 2. The molecule has 2 aromatic carbocycles. The predicted molar refractivity (Wildman–Crippen MR) is 116 cm³/mol. The highest BCUT2D eigenvalue weighted by Crippen LogP contribution is 2.40. The van der Waals surface area contributed by atoms with E-state index in [9.17, 15) is 4.79 Å². The average Bonchev–Trinajstić information content (AvgIpc) is 3.48. The number of fused-ring (bicyclic) bond motifs is 1. The van der Waals surface area contributed by atoms with Crippen LogP contribution in [-0.4, -0.2) is 16.9 Å². The van der Waals surface area contributed by atoms with Crippen molar-refractivity contribution in [2.24, 2.45) is 0 Å². The van der Waals surface area contributed by atoms with Gasteiger partial charge in [-0.15, -0.1) is 0 Å². The summed E-state index contributed by atoms with van der Waals surface area (Å²) >= 11 is 6.28. The van der Waals surface area contributed by atoms with Crippen LogP contribution in [0.15, 0.2) is 60.7 Å². The number of rotatable bonds is 5. The Balaban J connectivity index is 1.30. The van der Waals surface area contributed by atoms with Gasteiger partial charge >= 0.3 is 0 Å². The Labute approximate surface area is 175 Å². The summed E-state index contributed by atoms with van der Waals surface area (Å²) in [6.07, 6.45) is 4.21. The smallest absolute Gasteiger partial charge is 0.270 e. The zero-order valence-electron chi connectivity index (χ0n) is 16.0. The molecule has 5 heteroatoms. The number of pyridine rings is 1. The van der Waals surface area contributed by atoms with Gasteiger partial charge in [-0.05, 0) is 72.6 Å². The van der Waals surface area contributed by atoms with Crippen molar-refractivity contribution in [2.75, 3.05) is 5.32 Å². The lowest BCUT2D eigenvalue weighted by Crippen LogP contribution is -2.35. The fourth-order valence-corrected chi connectivity index (χ4v) is 4.24. The minimum Gasteiger partial charge on any atom is -0.347 e. The Morgan fingerprint density at radius 2 is 1.72 bits per heavy atom. The average molecular weight is 404 g/mol. The van der Waals surface area contributed by atoms with E-state index in [2.05, 4.69) is 39.9 Å². The molecular formula is C24H22ClN3O. The van der Waals surface area contributed by atoms with Gasteiger partial charge in [0.25, 0.3) is 5.91 Å². The summed E-state index contributed by atoms with van der Waals surface area (Å²) in [5.41, 5.74) is 5.23. The van der Waals surface area contributed by atoms with E-state index in [0.29, 0.717) is 22.5 Å². The van der Waals surface area contributed by atoms with E-state index in [0.717, 1.165) is 18.5 Å². The van der Waals surface area contributed by atoms with Crippen LogP contribution >= 0.6 is 11.6 Å². The number of halogens is 1. The number of carbonyl (C=O) groups is 1. The number of carbonyl (C=O) groups excluding carboxylic acids is 1. The molecule has 1 heterocycles. The van der Waals surface area contributed by atoms with Crippen molar-refractivity contribution in [1.29, 1.82) is 0 Å². The van der Waals surface area contributed by atoms with Gasteiger partial charge in [-0.3, -0.25) is 4.79 Å². The monoisotopic (exact) mass is 403 g/mol. The number of benzene rings is 2. The Morgan fingerprint density at radius 3 is 2.45 bits per heavy atom. The summed E-state index contributed by atoms with van der Waals surface area (Å²) in [6, 6.07) is 20.1. The Bertz CT molecular complexity index is 1050. The number of nitrogens with zero attached hydrogens (tertiary/aromatic N) is 1. The first-order valence-electron chi connectivity index (χ1n) is 10.1. The highest BCUT2D eigenvalue weighted by Gasteiger charge is 2.24. The molecule has 29 heavy (non-hydrogen) atoms. The second-order valence-electron chi connectivity index (χ2n) is 7.93. The van der Waals surface area contributed by atoms with Crippen molar-refractivity contribution in [3.8, 4) is 0 Å². The van der Waals surface area contributed by atoms with E-state index >= 15 is 0 Å². The molecular weight excluding hydrogens is 382 g/mol. The van der Waals surface area contributed by atoms with Crippen LogP contribution in [0.2, 0.25) is 5.02 Å². The van der Waals surface area contributed by atoms with Gasteiger partial charge in [-0.25, -0.2) is 4.98 Å². The second kappa shape index (κ2) is 7.53. The summed E-state index contributed by atoms with van der Waals surface area (Å²) in [7, 11) is 0. The maximum absolute atomic E-state index is 12.8. The van der Waals surface area contributed by atoms with Crippen LogP contribution in [0.3, 0.4) is 0 Å². The first-order valence-corrected chi connectivity index (χ1v) is 10.4. The molecule has 1 saturated carbocycles. The van der Waals surface area contributed by atoms with Crippen LogP contribution in [-0.2, 0) is 12.8 Å². The lowest BCUT2D eigenvalue weighted by atomic mass is 10.1. The maximum atomic E-state index is 12.8. The van der Waals surface area contributed by atoms with Gasteiger partial charge in [0.2, 0.25) is 0 Å². The first-order chi connectivity index (χ1) is 14.1. The SMILES string of the molecule is O=C(NC1Cc2ccccc2C1)c1cc(Cl)cc(Nc2cccc(C3CC3)c2)n1. The molecule has 1 fully saturated rings. The summed E-state index contributed by atoms with van der Waals surface area (Å²) < 4.78 is 0. The highest BCUT2D eigenvalue weighted by molar-refractivity contribution is 6.31. The molecule has 0 aliphatic heterocycles. The summed E-state index contributed by atoms with van der Waals surface area (Å²) in [5, 5.41) is 6.89. The van der Waals surface area contributed by atoms with Crippen LogP contribution < -0.4 is 10.6 Å². The fraction of sp³-hybridized carbons (Fsp3) is 0.250. The van der Waals surface area contributed by atoms with Crippen molar-refractivity contribution < 1.29 is 4.79 Å². The van der Waals surface area contributed by atoms with Crippen LogP contribution in [0.1, 0.15) is 45.9 Å². The molecule has 1 amide bonds. The molecule has 0 unspecified atom stereocenters. The lowest BCUT2D eigenvalue weighted by molar-refractivity contribution is 0.0933. The van der Waals surface area contributed by atoms with Crippen molar-refractivity contribution >= 4 is 29.0 Å². The molecule has 0 spiro atoms. The van der Waals surface area contributed by atoms with E-state index in [1.165, 1.54) is 29.5 Å². The maximum Gasteiger partial charge on any atom is 0.270 e. The van der Waals surface area contributed by atoms with Crippen LogP contribution in [0, 0.1) is 0 Å². The molecule has 0 bridgehead atoms. The van der Waals surface area contributed by atoms with Crippen LogP contribution in [0.25, 0.3) is 0 Å². The lowest BCUT2D eigenvalue weighted by Gasteiger charge is -2.13. The van der Waals surface area contributed by atoms with Crippen LogP contribution in [0.5, 0.6) is 0 Å². The third-order valence-electron chi connectivity index (χ3n) is 5.62. The van der Waals surface area contributed by atoms with Gasteiger partial charge in [0.15, 0.2) is 0 Å². The Hall–Kier alpha value is -2.85. The van der Waals surface area contributed by atoms with E-state index in [1.807, 2.05) is 24.3 Å². The quantitative estimate of drug-likeness (QED) is 0.611. The van der Waals surface area contributed by atoms with Gasteiger partial charge in [-0.1, -0.05) is 48.0 Å². The van der Waals surface area contributed by atoms with E-state index in [1.54, 1.807) is 12.1 Å². The third-order valence-corrected chi connectivity index (χ3v) is 5.83. The van der Waals surface area contributed by atoms with Gasteiger partial charge in [0.05, 0.1) is 0 Å². The van der Waals surface area contributed by atoms with Gasteiger partial charge in [-0.2, -0.15) is 0 Å². The molecule has 0 radical (unpaired) electrons. The molecule has 0 saturated heterocycles. The van der Waals surface area contributed by atoms with Gasteiger partial charge in [0, 0.05) is 16.8 Å². The summed E-state index contributed by atoms with van der Waals surface area (Å²) in [5.74, 6) is 1.06. The molecule has 2 aliphatic rings. The van der Waals surface area contributed by atoms with Gasteiger partial charge in [0.1, 0.15) is 11.5 Å². The normalized spacial score (nSPS) is 15.8. The third kappa shape index (κ3) is 4.13. The van der Waals surface area contributed by atoms with Crippen molar-refractivity contribution in [3.05, 3.63) is 88.1 Å². The fourth-order valence-electron chi connectivity index (χ4n) is 4.03. The Morgan fingerprint density at radius 1 is 0.966 bits per heavy atom. The molecule has 2 N–H and O–H groups in total. The minimum absolute atomic E-state index is 0.0901. The van der Waals surface area contributed by atoms with E-state index in [4.69, 9.17) is 11.6 Å². The molecule has 1 aromatic heterocycles. The number of anilines is 2. The summed E-state index contributed by atoms with van der Waals surface area (Å²) in [6.45, 7) is 0. The van der Waals surface area contributed by atoms with Crippen molar-refractivity contribution in [1.82, 2.24) is 10.3 Å². The standard InChI is InChI=1S/C24H22ClN3O/c25-19-13-22(24(29)27-21-11-17-4-1-2-5-18(17)12-21)28-23(14-19)26-20-7-3-6-16(10-20)15-8-9-15/h1-7,10,13-15,21H,8-9,11-12H2,(H,26,28)(H,27,29). The molecule has 0 atom stereocenters. The summed E-state index contributed by atoms with van der Waals surface area (Å²) in [4.78, 5) is 17.3. The van der Waals surface area contributed by atoms with Crippen molar-refractivity contribution in [2.45, 2.75) is 37.6 Å². The first kappa shape index (κ1) is 18.2. The molecule has 2 aliphatic carbocycles. The number of amides is 1. The number of hydrogen-bond acceptors (Lipinski definition) is 3.